The number of rotatable bonds is 3. The summed E-state index contributed by atoms with van der Waals surface area (Å²) >= 11 is 1.65. The molecule has 0 radical (unpaired) electrons. The lowest BCUT2D eigenvalue weighted by Gasteiger charge is -2.08. The molecule has 0 amide bonds. The van der Waals surface area contributed by atoms with Crippen molar-refractivity contribution in [3.63, 3.8) is 0 Å². The van der Waals surface area contributed by atoms with E-state index in [1.807, 2.05) is 36.6 Å². The van der Waals surface area contributed by atoms with E-state index in [0.717, 1.165) is 21.6 Å². The Labute approximate surface area is 132 Å². The van der Waals surface area contributed by atoms with Crippen molar-refractivity contribution in [3.05, 3.63) is 78.4 Å². The SMILES string of the molecule is CSc1ccc(-c2ccc(-c3ccc(F)cc3)cc2F)cc1. The molecule has 0 heterocycles. The lowest BCUT2D eigenvalue weighted by Crippen LogP contribution is -1.87. The molecule has 110 valence electrons. The summed E-state index contributed by atoms with van der Waals surface area (Å²) in [5, 5.41) is 0. The minimum Gasteiger partial charge on any atom is -0.207 e. The Bertz CT molecular complexity index is 778. The highest BCUT2D eigenvalue weighted by Gasteiger charge is 2.07. The summed E-state index contributed by atoms with van der Waals surface area (Å²) in [7, 11) is 0. The van der Waals surface area contributed by atoms with E-state index in [9.17, 15) is 8.78 Å². The van der Waals surface area contributed by atoms with Gasteiger partial charge in [0.15, 0.2) is 0 Å². The maximum absolute atomic E-state index is 14.4. The van der Waals surface area contributed by atoms with Crippen molar-refractivity contribution in [2.75, 3.05) is 6.26 Å². The van der Waals surface area contributed by atoms with Gasteiger partial charge in [-0.1, -0.05) is 36.4 Å². The van der Waals surface area contributed by atoms with Gasteiger partial charge in [0.05, 0.1) is 0 Å². The van der Waals surface area contributed by atoms with Crippen molar-refractivity contribution in [1.82, 2.24) is 0 Å². The van der Waals surface area contributed by atoms with E-state index in [2.05, 4.69) is 0 Å². The van der Waals surface area contributed by atoms with E-state index in [1.54, 1.807) is 30.0 Å². The van der Waals surface area contributed by atoms with Crippen molar-refractivity contribution in [3.8, 4) is 22.3 Å². The van der Waals surface area contributed by atoms with Gasteiger partial charge in [-0.15, -0.1) is 11.8 Å². The van der Waals surface area contributed by atoms with E-state index >= 15 is 0 Å². The molecule has 0 N–H and O–H groups in total. The van der Waals surface area contributed by atoms with Crippen molar-refractivity contribution in [2.45, 2.75) is 4.90 Å². The predicted octanol–water partition coefficient (Wildman–Crippen LogP) is 6.02. The zero-order chi connectivity index (χ0) is 15.5. The Morgan fingerprint density at radius 3 is 1.86 bits per heavy atom. The highest BCUT2D eigenvalue weighted by Crippen LogP contribution is 2.29. The Morgan fingerprint density at radius 2 is 1.27 bits per heavy atom. The van der Waals surface area contributed by atoms with Crippen molar-refractivity contribution < 1.29 is 8.78 Å². The first-order chi connectivity index (χ1) is 10.7. The standard InChI is InChI=1S/C19H14F2S/c1-22-17-9-4-14(5-10-17)18-11-6-15(12-19(18)21)13-2-7-16(20)8-3-13/h2-12H,1H3. The molecule has 3 rings (SSSR count). The van der Waals surface area contributed by atoms with Gasteiger partial charge in [0.2, 0.25) is 0 Å². The molecule has 3 heteroatoms. The maximum Gasteiger partial charge on any atom is 0.131 e. The lowest BCUT2D eigenvalue weighted by molar-refractivity contribution is 0.628. The summed E-state index contributed by atoms with van der Waals surface area (Å²) in [5.41, 5.74) is 2.95. The molecule has 0 aliphatic carbocycles. The smallest absolute Gasteiger partial charge is 0.131 e. The van der Waals surface area contributed by atoms with Crippen LogP contribution in [0.5, 0.6) is 0 Å². The van der Waals surface area contributed by atoms with Gasteiger partial charge in [0.25, 0.3) is 0 Å². The van der Waals surface area contributed by atoms with Crippen LogP contribution in [0.15, 0.2) is 71.6 Å². The second kappa shape index (κ2) is 6.32. The van der Waals surface area contributed by atoms with Crippen LogP contribution in [-0.2, 0) is 0 Å². The largest absolute Gasteiger partial charge is 0.207 e. The van der Waals surface area contributed by atoms with Crippen molar-refractivity contribution >= 4 is 11.8 Å². The van der Waals surface area contributed by atoms with Gasteiger partial charge in [-0.2, -0.15) is 0 Å². The summed E-state index contributed by atoms with van der Waals surface area (Å²) in [6.45, 7) is 0. The Balaban J connectivity index is 1.96. The van der Waals surface area contributed by atoms with Gasteiger partial charge >= 0.3 is 0 Å². The molecule has 0 aliphatic rings. The minimum absolute atomic E-state index is 0.279. The topological polar surface area (TPSA) is 0 Å². The van der Waals surface area contributed by atoms with E-state index in [1.165, 1.54) is 18.2 Å². The number of hydrogen-bond donors (Lipinski definition) is 0. The van der Waals surface area contributed by atoms with Crippen LogP contribution >= 0.6 is 11.8 Å². The number of hydrogen-bond acceptors (Lipinski definition) is 1. The number of thioether (sulfide) groups is 1. The van der Waals surface area contributed by atoms with Crippen LogP contribution in [0, 0.1) is 11.6 Å². The minimum atomic E-state index is -0.297. The fourth-order valence-corrected chi connectivity index (χ4v) is 2.75. The normalized spacial score (nSPS) is 10.7. The molecule has 0 saturated carbocycles. The fraction of sp³-hybridized carbons (Fsp3) is 0.0526. The molecule has 0 nitrogen and oxygen atoms in total. The molecule has 0 aromatic heterocycles. The molecule has 0 atom stereocenters. The van der Waals surface area contributed by atoms with Gasteiger partial charge in [-0.25, -0.2) is 8.78 Å². The summed E-state index contributed by atoms with van der Waals surface area (Å²) in [4.78, 5) is 1.15. The molecule has 3 aromatic rings. The summed E-state index contributed by atoms with van der Waals surface area (Å²) in [6, 6.07) is 19.0. The average Bonchev–Trinajstić information content (AvgIpc) is 2.56. The molecule has 0 saturated heterocycles. The second-order valence-corrected chi connectivity index (χ2v) is 5.81. The van der Waals surface area contributed by atoms with E-state index in [0.29, 0.717) is 5.56 Å². The third-order valence-electron chi connectivity index (χ3n) is 3.55. The Morgan fingerprint density at radius 1 is 0.682 bits per heavy atom. The molecule has 0 spiro atoms. The first kappa shape index (κ1) is 14.8. The van der Waals surface area contributed by atoms with E-state index in [-0.39, 0.29) is 11.6 Å². The molecule has 0 fully saturated rings. The predicted molar refractivity (Wildman–Crippen MR) is 89.0 cm³/mol. The van der Waals surface area contributed by atoms with Gasteiger partial charge in [0.1, 0.15) is 11.6 Å². The van der Waals surface area contributed by atoms with Crippen LogP contribution in [0.2, 0.25) is 0 Å². The zero-order valence-corrected chi connectivity index (χ0v) is 12.8. The molecule has 3 aromatic carbocycles. The van der Waals surface area contributed by atoms with Crippen LogP contribution in [0.1, 0.15) is 0 Å². The number of halogens is 2. The Hall–Kier alpha value is -2.13. The molecular weight excluding hydrogens is 298 g/mol. The summed E-state index contributed by atoms with van der Waals surface area (Å²) in [6.07, 6.45) is 2.01. The first-order valence-corrected chi connectivity index (χ1v) is 8.10. The van der Waals surface area contributed by atoms with Crippen LogP contribution < -0.4 is 0 Å². The summed E-state index contributed by atoms with van der Waals surface area (Å²) in [5.74, 6) is -0.576. The van der Waals surface area contributed by atoms with E-state index < -0.39 is 0 Å². The molecule has 0 bridgehead atoms. The average molecular weight is 312 g/mol. The van der Waals surface area contributed by atoms with Crippen LogP contribution in [0.3, 0.4) is 0 Å². The van der Waals surface area contributed by atoms with Crippen LogP contribution in [0.25, 0.3) is 22.3 Å². The fourth-order valence-electron chi connectivity index (χ4n) is 2.34. The van der Waals surface area contributed by atoms with Crippen LogP contribution in [0.4, 0.5) is 8.78 Å². The third-order valence-corrected chi connectivity index (χ3v) is 4.29. The van der Waals surface area contributed by atoms with Gasteiger partial charge < -0.3 is 0 Å². The monoisotopic (exact) mass is 312 g/mol. The number of benzene rings is 3. The Kier molecular flexibility index (Phi) is 4.25. The van der Waals surface area contributed by atoms with E-state index in [4.69, 9.17) is 0 Å². The van der Waals surface area contributed by atoms with Gasteiger partial charge in [-0.05, 0) is 53.3 Å². The highest BCUT2D eigenvalue weighted by atomic mass is 32.2. The summed E-state index contributed by atoms with van der Waals surface area (Å²) < 4.78 is 27.4. The van der Waals surface area contributed by atoms with Crippen molar-refractivity contribution in [2.24, 2.45) is 0 Å². The molecule has 22 heavy (non-hydrogen) atoms. The highest BCUT2D eigenvalue weighted by molar-refractivity contribution is 7.98. The first-order valence-electron chi connectivity index (χ1n) is 6.87. The zero-order valence-electron chi connectivity index (χ0n) is 12.0. The lowest BCUT2D eigenvalue weighted by atomic mass is 10.00. The molecule has 0 aliphatic heterocycles. The maximum atomic E-state index is 14.4. The quantitative estimate of drug-likeness (QED) is 0.533. The second-order valence-electron chi connectivity index (χ2n) is 4.93. The molecule has 0 unspecified atom stereocenters. The van der Waals surface area contributed by atoms with Crippen LogP contribution in [-0.4, -0.2) is 6.26 Å². The van der Waals surface area contributed by atoms with Gasteiger partial charge in [-0.3, -0.25) is 0 Å². The van der Waals surface area contributed by atoms with Crippen molar-refractivity contribution in [1.29, 1.82) is 0 Å². The molecular formula is C19H14F2S. The third kappa shape index (κ3) is 3.04. The van der Waals surface area contributed by atoms with Gasteiger partial charge in [0, 0.05) is 10.5 Å².